The van der Waals surface area contributed by atoms with Crippen LogP contribution in [0, 0.1) is 35.5 Å². The minimum atomic E-state index is -2.45. The SMILES string of the molecule is C=CCOC(=O)OCCO[C@@H]1CC[C@@H](C[C@@H](C)[C@@H]2CC(=O)[C@H](C)C=C(C)[C@@H](O)[C@@H](OC)C(=O)[C@H](C)C[C@H](C)C=CC=CC=C(C)[C@@H](OC)C[C@@H]3CC[C@@H](C)[C@@](O)(O3)C(=O)C(=O)N3CCCC[C@H]3C(=O)O2)C[C@H]1OC. The van der Waals surface area contributed by atoms with Crippen LogP contribution in [0.25, 0.3) is 0 Å². The first-order valence-corrected chi connectivity index (χ1v) is 26.7. The first kappa shape index (κ1) is 62.2. The molecular weight excluding hydrogens is 955 g/mol. The third-order valence-corrected chi connectivity index (χ3v) is 15.4. The molecule has 0 aromatic heterocycles. The van der Waals surface area contributed by atoms with Gasteiger partial charge < -0.3 is 53.0 Å². The lowest BCUT2D eigenvalue weighted by Gasteiger charge is -2.42. The van der Waals surface area contributed by atoms with E-state index in [1.807, 2.05) is 58.1 Å². The summed E-state index contributed by atoms with van der Waals surface area (Å²) in [6, 6.07) is -1.17. The number of rotatable bonds is 12. The summed E-state index contributed by atoms with van der Waals surface area (Å²) in [4.78, 5) is 84.2. The van der Waals surface area contributed by atoms with Gasteiger partial charge in [-0.15, -0.1) is 0 Å². The smallest absolute Gasteiger partial charge is 0.460 e. The second kappa shape index (κ2) is 30.4. The third-order valence-electron chi connectivity index (χ3n) is 15.4. The van der Waals surface area contributed by atoms with Crippen molar-refractivity contribution in [1.29, 1.82) is 0 Å². The Hall–Kier alpha value is -4.36. The summed E-state index contributed by atoms with van der Waals surface area (Å²) in [5, 5.41) is 23.5. The standard InChI is InChI=1S/C57H87NO16/c1-12-26-71-56(65)72-28-27-70-46-24-22-42(32-49(46)68-10)31-38(5)48-34-45(59)37(4)30-40(7)51(61)52(69-11)50(60)39(6)29-35(2)18-14-13-15-19-36(3)47(67-9)33-43-23-21-41(8)57(66,74-43)53(62)54(63)58-25-17-16-20-44(58)55(64)73-48/h12-15,18-19,30,35,37-39,41-44,46-49,51-52,61,66H,1,16-17,20-29,31-34H2,2-11H3/t35-,37-,38-,39-,41-,42+,43+,44+,46-,47+,48+,49-,51-,52+,57-/m1/s1. The molecule has 0 aromatic carbocycles. The number of esters is 1. The molecule has 0 unspecified atom stereocenters. The number of aliphatic hydroxyl groups excluding tert-OH is 1. The van der Waals surface area contributed by atoms with Crippen molar-refractivity contribution in [2.75, 3.05) is 47.7 Å². The van der Waals surface area contributed by atoms with E-state index in [0.29, 0.717) is 63.4 Å². The number of Topliss-reactive ketones (excluding diaryl/α,β-unsaturated/α-hetero) is 3. The van der Waals surface area contributed by atoms with Crippen molar-refractivity contribution in [2.45, 2.75) is 180 Å². The lowest BCUT2D eigenvalue weighted by molar-refractivity contribution is -0.265. The molecule has 0 spiro atoms. The number of allylic oxidation sites excluding steroid dienone is 6. The topological polar surface area (TPSA) is 220 Å². The molecule has 2 saturated heterocycles. The van der Waals surface area contributed by atoms with Crippen LogP contribution < -0.4 is 0 Å². The molecule has 1 aliphatic carbocycles. The highest BCUT2D eigenvalue weighted by molar-refractivity contribution is 6.39. The van der Waals surface area contributed by atoms with Gasteiger partial charge in [0, 0.05) is 58.5 Å². The van der Waals surface area contributed by atoms with Gasteiger partial charge in [-0.3, -0.25) is 19.2 Å². The van der Waals surface area contributed by atoms with Crippen LogP contribution in [0.4, 0.5) is 4.79 Å². The summed E-state index contributed by atoms with van der Waals surface area (Å²) >= 11 is 0. The molecule has 0 aromatic rings. The number of cyclic esters (lactones) is 1. The number of hydrogen-bond acceptors (Lipinski definition) is 16. The maximum atomic E-state index is 14.6. The van der Waals surface area contributed by atoms with Crippen LogP contribution >= 0.6 is 0 Å². The number of carbonyl (C=O) groups excluding carboxylic acids is 6. The summed E-state index contributed by atoms with van der Waals surface area (Å²) < 4.78 is 45.8. The van der Waals surface area contributed by atoms with Crippen LogP contribution in [-0.4, -0.2) is 153 Å². The maximum Gasteiger partial charge on any atom is 0.508 e. The second-order valence-corrected chi connectivity index (χ2v) is 21.1. The van der Waals surface area contributed by atoms with Crippen molar-refractivity contribution < 1.29 is 76.9 Å². The number of fused-ring (bicyclic) bond motifs is 3. The van der Waals surface area contributed by atoms with E-state index in [-0.39, 0.29) is 80.7 Å². The zero-order valence-corrected chi connectivity index (χ0v) is 45.7. The molecule has 0 radical (unpaired) electrons. The quantitative estimate of drug-likeness (QED) is 0.0834. The van der Waals surface area contributed by atoms with Crippen LogP contribution in [0.15, 0.2) is 60.3 Å². The van der Waals surface area contributed by atoms with Crippen molar-refractivity contribution >= 4 is 35.4 Å². The molecule has 4 rings (SSSR count). The van der Waals surface area contributed by atoms with Gasteiger partial charge >= 0.3 is 12.1 Å². The van der Waals surface area contributed by atoms with Gasteiger partial charge in [0.15, 0.2) is 5.78 Å². The van der Waals surface area contributed by atoms with E-state index in [4.69, 9.17) is 37.9 Å². The normalized spacial score (nSPS) is 34.5. The average Bonchev–Trinajstić information content (AvgIpc) is 3.38. The van der Waals surface area contributed by atoms with E-state index in [9.17, 15) is 39.0 Å². The van der Waals surface area contributed by atoms with Gasteiger partial charge in [-0.1, -0.05) is 83.7 Å². The fourth-order valence-electron chi connectivity index (χ4n) is 10.8. The zero-order chi connectivity index (χ0) is 54.7. The molecule has 17 heteroatoms. The number of piperidine rings is 1. The Bertz CT molecular complexity index is 2010. The number of aliphatic hydroxyl groups is 2. The highest BCUT2D eigenvalue weighted by Crippen LogP contribution is 2.38. The lowest BCUT2D eigenvalue weighted by Crippen LogP contribution is -2.61. The molecule has 3 heterocycles. The highest BCUT2D eigenvalue weighted by Gasteiger charge is 2.53. The number of amides is 1. The summed E-state index contributed by atoms with van der Waals surface area (Å²) in [6.45, 7) is 16.4. The van der Waals surface area contributed by atoms with Gasteiger partial charge in [-0.25, -0.2) is 9.59 Å². The Kier molecular flexibility index (Phi) is 25.5. The summed E-state index contributed by atoms with van der Waals surface area (Å²) in [5.74, 6) is -8.24. The lowest BCUT2D eigenvalue weighted by atomic mass is 9.78. The molecule has 17 nitrogen and oxygen atoms in total. The van der Waals surface area contributed by atoms with E-state index < -0.39 is 83.9 Å². The van der Waals surface area contributed by atoms with Gasteiger partial charge in [0.2, 0.25) is 5.79 Å². The van der Waals surface area contributed by atoms with Crippen molar-refractivity contribution in [3.8, 4) is 0 Å². The molecular formula is C57H87NO16. The van der Waals surface area contributed by atoms with Crippen molar-refractivity contribution in [3.63, 3.8) is 0 Å². The predicted octanol–water partition coefficient (Wildman–Crippen LogP) is 7.54. The van der Waals surface area contributed by atoms with Crippen molar-refractivity contribution in [3.05, 3.63) is 60.3 Å². The summed E-state index contributed by atoms with van der Waals surface area (Å²) in [7, 11) is 4.55. The second-order valence-electron chi connectivity index (χ2n) is 21.1. The van der Waals surface area contributed by atoms with Crippen molar-refractivity contribution in [2.24, 2.45) is 35.5 Å². The van der Waals surface area contributed by atoms with E-state index in [1.54, 1.807) is 41.1 Å². The number of hydrogen-bond donors (Lipinski definition) is 2. The Balaban J connectivity index is 1.65. The van der Waals surface area contributed by atoms with E-state index in [0.717, 1.165) is 12.0 Å². The maximum absolute atomic E-state index is 14.6. The van der Waals surface area contributed by atoms with Crippen LogP contribution in [0.2, 0.25) is 0 Å². The first-order chi connectivity index (χ1) is 35.2. The molecule has 15 atom stereocenters. The molecule has 1 saturated carbocycles. The Morgan fingerprint density at radius 3 is 2.31 bits per heavy atom. The monoisotopic (exact) mass is 1040 g/mol. The van der Waals surface area contributed by atoms with Crippen LogP contribution in [-0.2, 0) is 61.9 Å². The molecule has 4 aliphatic rings. The van der Waals surface area contributed by atoms with Gasteiger partial charge in [-0.05, 0) is 107 Å². The first-order valence-electron chi connectivity index (χ1n) is 26.7. The molecule has 1 amide bonds. The number of ketones is 3. The third kappa shape index (κ3) is 17.6. The van der Waals surface area contributed by atoms with E-state index in [1.165, 1.54) is 18.1 Å². The van der Waals surface area contributed by atoms with E-state index in [2.05, 4.69) is 6.58 Å². The fraction of sp³-hybridized carbons (Fsp3) is 0.719. The molecule has 74 heavy (non-hydrogen) atoms. The highest BCUT2D eigenvalue weighted by atomic mass is 16.7. The molecule has 3 aliphatic heterocycles. The van der Waals surface area contributed by atoms with Gasteiger partial charge in [0.1, 0.15) is 43.4 Å². The van der Waals surface area contributed by atoms with Crippen LogP contribution in [0.5, 0.6) is 0 Å². The number of ether oxygens (including phenoxy) is 8. The largest absolute Gasteiger partial charge is 0.508 e. The van der Waals surface area contributed by atoms with E-state index >= 15 is 0 Å². The zero-order valence-electron chi connectivity index (χ0n) is 45.7. The van der Waals surface area contributed by atoms with Crippen LogP contribution in [0.3, 0.4) is 0 Å². The summed E-state index contributed by atoms with van der Waals surface area (Å²) in [5.41, 5.74) is 1.24. The fourth-order valence-corrected chi connectivity index (χ4v) is 10.8. The molecule has 2 N–H and O–H groups in total. The van der Waals surface area contributed by atoms with Gasteiger partial charge in [-0.2, -0.15) is 0 Å². The average molecular weight is 1040 g/mol. The van der Waals surface area contributed by atoms with Crippen LogP contribution in [0.1, 0.15) is 126 Å². The minimum Gasteiger partial charge on any atom is -0.460 e. The Morgan fingerprint density at radius 2 is 1.62 bits per heavy atom. The molecule has 416 valence electrons. The summed E-state index contributed by atoms with van der Waals surface area (Å²) in [6.07, 6.45) is 11.9. The molecule has 3 fully saturated rings. The Morgan fingerprint density at radius 1 is 0.878 bits per heavy atom. The van der Waals surface area contributed by atoms with Gasteiger partial charge in [0.25, 0.3) is 11.7 Å². The number of carbonyl (C=O) groups is 6. The Labute approximate surface area is 439 Å². The van der Waals surface area contributed by atoms with Crippen molar-refractivity contribution in [1.82, 2.24) is 4.90 Å². The number of nitrogens with zero attached hydrogens (tertiary/aromatic N) is 1. The minimum absolute atomic E-state index is 0.00320. The molecule has 2 bridgehead atoms. The predicted molar refractivity (Wildman–Crippen MR) is 276 cm³/mol. The van der Waals surface area contributed by atoms with Gasteiger partial charge in [0.05, 0.1) is 31.0 Å². The number of methoxy groups -OCH3 is 3.